The second kappa shape index (κ2) is 6.44. The zero-order valence-electron chi connectivity index (χ0n) is 12.7. The van der Waals surface area contributed by atoms with Crippen molar-refractivity contribution in [2.24, 2.45) is 0 Å². The first-order valence-corrected chi connectivity index (χ1v) is 7.62. The summed E-state index contributed by atoms with van der Waals surface area (Å²) in [6.07, 6.45) is 2.56. The molecule has 2 heterocycles. The Bertz CT molecular complexity index is 630. The van der Waals surface area contributed by atoms with E-state index in [1.165, 1.54) is 7.11 Å². The minimum Gasteiger partial charge on any atom is -0.468 e. The van der Waals surface area contributed by atoms with E-state index in [0.29, 0.717) is 6.42 Å². The molecule has 7 heteroatoms. The van der Waals surface area contributed by atoms with E-state index in [9.17, 15) is 4.79 Å². The number of rotatable bonds is 6. The van der Waals surface area contributed by atoms with E-state index in [1.807, 2.05) is 35.7 Å². The molecule has 0 spiro atoms. The van der Waals surface area contributed by atoms with Gasteiger partial charge in [-0.1, -0.05) is 24.8 Å². The first-order valence-electron chi connectivity index (χ1n) is 6.74. The molecular formula is C14H20N4O2S. The molecule has 0 fully saturated rings. The van der Waals surface area contributed by atoms with Gasteiger partial charge in [-0.25, -0.2) is 0 Å². The van der Waals surface area contributed by atoms with Crippen LogP contribution < -0.4 is 5.32 Å². The van der Waals surface area contributed by atoms with Gasteiger partial charge in [-0.3, -0.25) is 9.20 Å². The van der Waals surface area contributed by atoms with Crippen LogP contribution in [-0.4, -0.2) is 45.5 Å². The molecule has 0 aliphatic carbocycles. The highest BCUT2D eigenvalue weighted by Crippen LogP contribution is 2.28. The summed E-state index contributed by atoms with van der Waals surface area (Å²) in [6, 6.07) is 5.78. The van der Waals surface area contributed by atoms with E-state index in [1.54, 1.807) is 18.8 Å². The lowest BCUT2D eigenvalue weighted by Gasteiger charge is -2.28. The number of aromatic nitrogens is 3. The zero-order chi connectivity index (χ0) is 15.5. The third kappa shape index (κ3) is 3.36. The predicted molar refractivity (Wildman–Crippen MR) is 82.4 cm³/mol. The SMILES string of the molecule is CNC(C)(CC(C)Sc1nnc2ccccn12)C(=O)OC. The maximum Gasteiger partial charge on any atom is 0.325 e. The molecule has 0 saturated heterocycles. The number of pyridine rings is 1. The van der Waals surface area contributed by atoms with E-state index in [2.05, 4.69) is 22.4 Å². The molecule has 6 nitrogen and oxygen atoms in total. The van der Waals surface area contributed by atoms with Crippen molar-refractivity contribution < 1.29 is 9.53 Å². The second-order valence-corrected chi connectivity index (χ2v) is 6.52. The van der Waals surface area contributed by atoms with Crippen LogP contribution in [0.2, 0.25) is 0 Å². The van der Waals surface area contributed by atoms with E-state index >= 15 is 0 Å². The van der Waals surface area contributed by atoms with Crippen molar-refractivity contribution >= 4 is 23.4 Å². The molecule has 0 amide bonds. The lowest BCUT2D eigenvalue weighted by atomic mass is 9.96. The molecule has 2 unspecified atom stereocenters. The van der Waals surface area contributed by atoms with Crippen LogP contribution in [0.25, 0.3) is 5.65 Å². The Morgan fingerprint density at radius 2 is 2.29 bits per heavy atom. The summed E-state index contributed by atoms with van der Waals surface area (Å²) in [4.78, 5) is 11.9. The largest absolute Gasteiger partial charge is 0.468 e. The van der Waals surface area contributed by atoms with Gasteiger partial charge < -0.3 is 10.1 Å². The topological polar surface area (TPSA) is 68.5 Å². The molecule has 1 N–H and O–H groups in total. The summed E-state index contributed by atoms with van der Waals surface area (Å²) < 4.78 is 6.81. The summed E-state index contributed by atoms with van der Waals surface area (Å²) in [7, 11) is 3.17. The van der Waals surface area contributed by atoms with Gasteiger partial charge in [0.2, 0.25) is 0 Å². The number of likely N-dealkylation sites (N-methyl/N-ethyl adjacent to an activating group) is 1. The molecular weight excluding hydrogens is 288 g/mol. The minimum absolute atomic E-state index is 0.175. The maximum absolute atomic E-state index is 11.9. The van der Waals surface area contributed by atoms with Crippen LogP contribution in [0.5, 0.6) is 0 Å². The first kappa shape index (κ1) is 15.8. The fourth-order valence-corrected chi connectivity index (χ4v) is 3.34. The van der Waals surface area contributed by atoms with Gasteiger partial charge in [-0.05, 0) is 32.5 Å². The Balaban J connectivity index is 2.11. The van der Waals surface area contributed by atoms with Crippen LogP contribution in [0.15, 0.2) is 29.6 Å². The number of nitrogens with zero attached hydrogens (tertiary/aromatic N) is 3. The standard InChI is InChI=1S/C14H20N4O2S/c1-10(9-14(2,15-3)12(19)20-4)21-13-17-16-11-7-5-6-8-18(11)13/h5-8,10,15H,9H2,1-4H3. The van der Waals surface area contributed by atoms with Crippen LogP contribution in [0.3, 0.4) is 0 Å². The Morgan fingerprint density at radius 3 is 2.95 bits per heavy atom. The summed E-state index contributed by atoms with van der Waals surface area (Å²) in [5.41, 5.74) is 0.110. The number of hydrogen-bond donors (Lipinski definition) is 1. The molecule has 0 aromatic carbocycles. The summed E-state index contributed by atoms with van der Waals surface area (Å²) in [5.74, 6) is -0.261. The number of fused-ring (bicyclic) bond motifs is 1. The van der Waals surface area contributed by atoms with Gasteiger partial charge in [-0.15, -0.1) is 10.2 Å². The Kier molecular flexibility index (Phi) is 4.84. The zero-order valence-corrected chi connectivity index (χ0v) is 13.5. The Hall–Kier alpha value is -1.60. The lowest BCUT2D eigenvalue weighted by Crippen LogP contribution is -2.49. The number of carbonyl (C=O) groups excluding carboxylic acids is 1. The summed E-state index contributed by atoms with van der Waals surface area (Å²) >= 11 is 1.59. The second-order valence-electron chi connectivity index (χ2n) is 5.12. The van der Waals surface area contributed by atoms with Gasteiger partial charge in [0.15, 0.2) is 10.8 Å². The highest BCUT2D eigenvalue weighted by atomic mass is 32.2. The number of ether oxygens (including phenoxy) is 1. The van der Waals surface area contributed by atoms with E-state index in [4.69, 9.17) is 4.74 Å². The van der Waals surface area contributed by atoms with Crippen LogP contribution in [-0.2, 0) is 9.53 Å². The van der Waals surface area contributed by atoms with Crippen molar-refractivity contribution in [1.82, 2.24) is 19.9 Å². The molecule has 2 rings (SSSR count). The number of hydrogen-bond acceptors (Lipinski definition) is 6. The van der Waals surface area contributed by atoms with Crippen LogP contribution >= 0.6 is 11.8 Å². The van der Waals surface area contributed by atoms with Crippen molar-refractivity contribution in [3.8, 4) is 0 Å². The van der Waals surface area contributed by atoms with Crippen molar-refractivity contribution in [3.63, 3.8) is 0 Å². The molecule has 2 atom stereocenters. The van der Waals surface area contributed by atoms with Crippen molar-refractivity contribution in [2.45, 2.75) is 36.2 Å². The molecule has 2 aromatic heterocycles. The van der Waals surface area contributed by atoms with E-state index < -0.39 is 5.54 Å². The van der Waals surface area contributed by atoms with Crippen molar-refractivity contribution in [2.75, 3.05) is 14.2 Å². The van der Waals surface area contributed by atoms with Crippen LogP contribution in [0.4, 0.5) is 0 Å². The number of esters is 1. The molecule has 0 radical (unpaired) electrons. The van der Waals surface area contributed by atoms with Gasteiger partial charge >= 0.3 is 5.97 Å². The molecule has 0 aliphatic heterocycles. The van der Waals surface area contributed by atoms with Gasteiger partial charge in [0, 0.05) is 11.4 Å². The lowest BCUT2D eigenvalue weighted by molar-refractivity contribution is -0.147. The number of nitrogens with one attached hydrogen (secondary N) is 1. The average Bonchev–Trinajstić information content (AvgIpc) is 2.89. The first-order chi connectivity index (χ1) is 10.00. The molecule has 114 valence electrons. The van der Waals surface area contributed by atoms with Gasteiger partial charge in [0.05, 0.1) is 7.11 Å². The van der Waals surface area contributed by atoms with Crippen molar-refractivity contribution in [1.29, 1.82) is 0 Å². The number of methoxy groups -OCH3 is 1. The van der Waals surface area contributed by atoms with E-state index in [0.717, 1.165) is 10.8 Å². The fourth-order valence-electron chi connectivity index (χ4n) is 2.21. The maximum atomic E-state index is 11.9. The highest BCUT2D eigenvalue weighted by Gasteiger charge is 2.34. The molecule has 0 bridgehead atoms. The number of thioether (sulfide) groups is 1. The monoisotopic (exact) mass is 308 g/mol. The van der Waals surface area contributed by atoms with Crippen molar-refractivity contribution in [3.05, 3.63) is 24.4 Å². The highest BCUT2D eigenvalue weighted by molar-refractivity contribution is 7.99. The third-order valence-corrected chi connectivity index (χ3v) is 4.53. The third-order valence-electron chi connectivity index (χ3n) is 3.47. The van der Waals surface area contributed by atoms with Gasteiger partial charge in [0.25, 0.3) is 0 Å². The quantitative estimate of drug-likeness (QED) is 0.648. The molecule has 0 saturated carbocycles. The molecule has 2 aromatic rings. The minimum atomic E-state index is -0.707. The predicted octanol–water partition coefficient (Wildman–Crippen LogP) is 1.75. The number of carbonyl (C=O) groups is 1. The van der Waals surface area contributed by atoms with Gasteiger partial charge in [-0.2, -0.15) is 0 Å². The molecule has 21 heavy (non-hydrogen) atoms. The summed E-state index contributed by atoms with van der Waals surface area (Å²) in [5, 5.41) is 12.4. The van der Waals surface area contributed by atoms with Gasteiger partial charge in [0.1, 0.15) is 5.54 Å². The Morgan fingerprint density at radius 1 is 1.52 bits per heavy atom. The Labute approximate surface area is 128 Å². The average molecular weight is 308 g/mol. The van der Waals surface area contributed by atoms with Crippen LogP contribution in [0, 0.1) is 0 Å². The fraction of sp³-hybridized carbons (Fsp3) is 0.500. The van der Waals surface area contributed by atoms with Crippen LogP contribution in [0.1, 0.15) is 20.3 Å². The smallest absolute Gasteiger partial charge is 0.325 e. The normalized spacial score (nSPS) is 15.6. The molecule has 0 aliphatic rings. The van der Waals surface area contributed by atoms with E-state index in [-0.39, 0.29) is 11.2 Å². The summed E-state index contributed by atoms with van der Waals surface area (Å²) in [6.45, 7) is 3.91.